The fraction of sp³-hybridized carbons (Fsp3) is 0. The zero-order valence-corrected chi connectivity index (χ0v) is 9.61. The largest absolute Gasteiger partial charge is 0.492 e. The van der Waals surface area contributed by atoms with Crippen molar-refractivity contribution in [3.05, 3.63) is 34.7 Å². The molecule has 84 valence electrons. The third-order valence-electron chi connectivity index (χ3n) is 2.50. The van der Waals surface area contributed by atoms with Crippen molar-refractivity contribution in [2.75, 3.05) is 5.73 Å². The molecule has 5 heteroatoms. The fourth-order valence-corrected chi connectivity index (χ4v) is 2.41. The minimum absolute atomic E-state index is 0.0298. The molecule has 0 atom stereocenters. The molecule has 0 fully saturated rings. The smallest absolute Gasteiger partial charge is 0.231 e. The Bertz CT molecular complexity index is 643. The number of anilines is 1. The predicted molar refractivity (Wildman–Crippen MR) is 70.7 cm³/mol. The van der Waals surface area contributed by atoms with E-state index in [1.165, 1.54) is 11.3 Å². The molecule has 0 aliphatic carbocycles. The monoisotopic (exact) mass is 243 g/mol. The minimum atomic E-state index is -0.0298. The molecule has 0 saturated heterocycles. The third kappa shape index (κ3) is 1.70. The van der Waals surface area contributed by atoms with Crippen molar-refractivity contribution < 1.29 is 5.11 Å². The molecule has 1 aromatic heterocycles. The lowest BCUT2D eigenvalue weighted by molar-refractivity contribution is 0.457. The van der Waals surface area contributed by atoms with Crippen molar-refractivity contribution in [2.24, 2.45) is 4.99 Å². The zero-order valence-electron chi connectivity index (χ0n) is 8.79. The number of fused-ring (bicyclic) bond motifs is 1. The van der Waals surface area contributed by atoms with Crippen molar-refractivity contribution in [2.45, 2.75) is 0 Å². The highest BCUT2D eigenvalue weighted by atomic mass is 32.1. The average molecular weight is 243 g/mol. The van der Waals surface area contributed by atoms with Crippen LogP contribution in [-0.2, 0) is 0 Å². The lowest BCUT2D eigenvalue weighted by Crippen LogP contribution is -1.79. The summed E-state index contributed by atoms with van der Waals surface area (Å²) in [5.74, 6) is -0.0298. The van der Waals surface area contributed by atoms with Gasteiger partial charge in [0.05, 0.1) is 10.6 Å². The molecule has 2 aromatic rings. The molecule has 2 heterocycles. The molecular weight excluding hydrogens is 234 g/mol. The molecule has 3 N–H and O–H groups in total. The Morgan fingerprint density at radius 2 is 2.12 bits per heavy atom. The van der Waals surface area contributed by atoms with E-state index in [4.69, 9.17) is 5.73 Å². The van der Waals surface area contributed by atoms with Gasteiger partial charge in [0.1, 0.15) is 0 Å². The summed E-state index contributed by atoms with van der Waals surface area (Å²) in [4.78, 5) is 8.72. The maximum Gasteiger partial charge on any atom is 0.231 e. The highest BCUT2D eigenvalue weighted by Crippen LogP contribution is 2.35. The summed E-state index contributed by atoms with van der Waals surface area (Å²) in [5, 5.41) is 9.93. The van der Waals surface area contributed by atoms with Gasteiger partial charge in [0.25, 0.3) is 0 Å². The average Bonchev–Trinajstić information content (AvgIpc) is 2.85. The number of rotatable bonds is 1. The first-order valence-corrected chi connectivity index (χ1v) is 5.86. The molecule has 1 aliphatic rings. The molecule has 17 heavy (non-hydrogen) atoms. The van der Waals surface area contributed by atoms with E-state index < -0.39 is 0 Å². The lowest BCUT2D eigenvalue weighted by Gasteiger charge is -1.97. The van der Waals surface area contributed by atoms with Gasteiger partial charge in [0, 0.05) is 17.4 Å². The van der Waals surface area contributed by atoms with E-state index in [-0.39, 0.29) is 5.88 Å². The first-order chi connectivity index (χ1) is 8.24. The van der Waals surface area contributed by atoms with Crippen molar-refractivity contribution in [1.82, 2.24) is 4.98 Å². The number of nitrogen functional groups attached to an aromatic ring is 1. The van der Waals surface area contributed by atoms with Crippen LogP contribution in [0.15, 0.2) is 29.3 Å². The van der Waals surface area contributed by atoms with Crippen LogP contribution in [0.5, 0.6) is 5.88 Å². The van der Waals surface area contributed by atoms with Gasteiger partial charge in [-0.2, -0.15) is 4.98 Å². The molecule has 4 nitrogen and oxygen atoms in total. The van der Waals surface area contributed by atoms with Gasteiger partial charge in [0.2, 0.25) is 5.88 Å². The number of aromatic nitrogens is 1. The van der Waals surface area contributed by atoms with E-state index in [0.29, 0.717) is 10.0 Å². The van der Waals surface area contributed by atoms with Gasteiger partial charge >= 0.3 is 0 Å². The van der Waals surface area contributed by atoms with Gasteiger partial charge in [-0.3, -0.25) is 4.99 Å². The Labute approximate surface area is 102 Å². The van der Waals surface area contributed by atoms with Crippen LogP contribution in [0.1, 0.15) is 10.4 Å². The summed E-state index contributed by atoms with van der Waals surface area (Å²) in [5.41, 5.74) is 8.49. The SMILES string of the molecule is Nc1nc(O)c(/C=C2\C=Nc3ccccc32)s1. The summed E-state index contributed by atoms with van der Waals surface area (Å²) in [6.45, 7) is 0. The Kier molecular flexibility index (Phi) is 2.19. The maximum atomic E-state index is 9.57. The second kappa shape index (κ2) is 3.71. The quantitative estimate of drug-likeness (QED) is 0.808. The Hall–Kier alpha value is -2.14. The van der Waals surface area contributed by atoms with E-state index >= 15 is 0 Å². The van der Waals surface area contributed by atoms with Crippen LogP contribution in [0.4, 0.5) is 10.8 Å². The molecule has 0 spiro atoms. The molecule has 1 aromatic carbocycles. The Morgan fingerprint density at radius 3 is 2.88 bits per heavy atom. The predicted octanol–water partition coefficient (Wildman–Crippen LogP) is 2.69. The number of aliphatic imine (C=N–C) groups is 1. The molecule has 1 aliphatic heterocycles. The van der Waals surface area contributed by atoms with Crippen LogP contribution in [0.2, 0.25) is 0 Å². The lowest BCUT2D eigenvalue weighted by atomic mass is 10.1. The molecule has 3 rings (SSSR count). The van der Waals surface area contributed by atoms with E-state index in [0.717, 1.165) is 16.8 Å². The summed E-state index contributed by atoms with van der Waals surface area (Å²) < 4.78 is 0. The molecular formula is C12H9N3OS. The maximum absolute atomic E-state index is 9.57. The van der Waals surface area contributed by atoms with E-state index in [1.54, 1.807) is 6.21 Å². The highest BCUT2D eigenvalue weighted by molar-refractivity contribution is 7.16. The van der Waals surface area contributed by atoms with Crippen LogP contribution in [0, 0.1) is 0 Å². The molecule has 0 unspecified atom stereocenters. The van der Waals surface area contributed by atoms with Gasteiger partial charge < -0.3 is 10.8 Å². The number of nitrogens with zero attached hydrogens (tertiary/aromatic N) is 2. The first kappa shape index (κ1) is 10.0. The second-order valence-corrected chi connectivity index (χ2v) is 4.68. The Balaban J connectivity index is 2.08. The molecule has 0 amide bonds. The molecule has 0 bridgehead atoms. The second-order valence-electron chi connectivity index (χ2n) is 3.61. The number of hydrogen-bond acceptors (Lipinski definition) is 5. The third-order valence-corrected chi connectivity index (χ3v) is 3.32. The van der Waals surface area contributed by atoms with E-state index in [2.05, 4.69) is 9.98 Å². The number of thiazole rings is 1. The van der Waals surface area contributed by atoms with Crippen LogP contribution in [0.3, 0.4) is 0 Å². The number of nitrogens with two attached hydrogens (primary N) is 1. The van der Waals surface area contributed by atoms with Gasteiger partial charge in [-0.15, -0.1) is 0 Å². The number of allylic oxidation sites excluding steroid dienone is 1. The normalized spacial score (nSPS) is 15.4. The molecule has 0 saturated carbocycles. The van der Waals surface area contributed by atoms with Crippen LogP contribution >= 0.6 is 11.3 Å². The van der Waals surface area contributed by atoms with Crippen LogP contribution < -0.4 is 5.73 Å². The van der Waals surface area contributed by atoms with Gasteiger partial charge in [-0.25, -0.2) is 0 Å². The fourth-order valence-electron chi connectivity index (χ4n) is 1.73. The topological polar surface area (TPSA) is 71.5 Å². The van der Waals surface area contributed by atoms with E-state index in [9.17, 15) is 5.11 Å². The number of aromatic hydroxyl groups is 1. The number of para-hydroxylation sites is 1. The van der Waals surface area contributed by atoms with Crippen molar-refractivity contribution in [1.29, 1.82) is 0 Å². The standard InChI is InChI=1S/C12H9N3OS/c13-12-15-11(16)10(17-12)5-7-6-14-9-4-2-1-3-8(7)9/h1-6,16H,(H2,13,15)/b7-5+. The Morgan fingerprint density at radius 1 is 1.29 bits per heavy atom. The summed E-state index contributed by atoms with van der Waals surface area (Å²) >= 11 is 1.25. The summed E-state index contributed by atoms with van der Waals surface area (Å²) in [6.07, 6.45) is 3.62. The van der Waals surface area contributed by atoms with Gasteiger partial charge in [-0.05, 0) is 12.1 Å². The van der Waals surface area contributed by atoms with Gasteiger partial charge in [-0.1, -0.05) is 29.5 Å². The van der Waals surface area contributed by atoms with Gasteiger partial charge in [0.15, 0.2) is 5.13 Å². The molecule has 0 radical (unpaired) electrons. The van der Waals surface area contributed by atoms with Crippen molar-refractivity contribution in [3.8, 4) is 5.88 Å². The number of benzene rings is 1. The van der Waals surface area contributed by atoms with Crippen LogP contribution in [-0.4, -0.2) is 16.3 Å². The zero-order chi connectivity index (χ0) is 11.8. The van der Waals surface area contributed by atoms with Crippen molar-refractivity contribution >= 4 is 40.0 Å². The van der Waals surface area contributed by atoms with E-state index in [1.807, 2.05) is 30.3 Å². The van der Waals surface area contributed by atoms with Crippen LogP contribution in [0.25, 0.3) is 11.6 Å². The highest BCUT2D eigenvalue weighted by Gasteiger charge is 2.13. The number of hydrogen-bond donors (Lipinski definition) is 2. The minimum Gasteiger partial charge on any atom is -0.492 e. The summed E-state index contributed by atoms with van der Waals surface area (Å²) in [6, 6.07) is 7.85. The van der Waals surface area contributed by atoms with Crippen molar-refractivity contribution in [3.63, 3.8) is 0 Å². The first-order valence-electron chi connectivity index (χ1n) is 5.04. The summed E-state index contributed by atoms with van der Waals surface area (Å²) in [7, 11) is 0.